The van der Waals surface area contributed by atoms with Gasteiger partial charge in [0.25, 0.3) is 5.56 Å². The number of nitrogen functional groups attached to an aromatic ring is 1. The Kier molecular flexibility index (Phi) is 3.85. The highest BCUT2D eigenvalue weighted by atomic mass is 16.5. The predicted molar refractivity (Wildman–Crippen MR) is 74.4 cm³/mol. The number of rotatable bonds is 4. The molecule has 0 fully saturated rings. The van der Waals surface area contributed by atoms with Crippen molar-refractivity contribution in [3.63, 3.8) is 0 Å². The van der Waals surface area contributed by atoms with Crippen molar-refractivity contribution in [2.75, 3.05) is 12.3 Å². The van der Waals surface area contributed by atoms with Gasteiger partial charge in [0.2, 0.25) is 0 Å². The molecule has 0 atom stereocenters. The van der Waals surface area contributed by atoms with E-state index in [-0.39, 0.29) is 5.56 Å². The Labute approximate surface area is 111 Å². The maximum Gasteiger partial charge on any atom is 0.253 e. The van der Waals surface area contributed by atoms with Crippen molar-refractivity contribution in [3.05, 3.63) is 52.2 Å². The largest absolute Gasteiger partial charge is 0.494 e. The third kappa shape index (κ3) is 3.13. The highest BCUT2D eigenvalue weighted by Crippen LogP contribution is 2.22. The quantitative estimate of drug-likeness (QED) is 0.846. The maximum atomic E-state index is 11.8. The molecule has 0 saturated carbocycles. The van der Waals surface area contributed by atoms with Crippen LogP contribution >= 0.6 is 0 Å². The van der Waals surface area contributed by atoms with Crippen LogP contribution in [0, 0.1) is 6.92 Å². The molecule has 0 spiro atoms. The molecule has 1 heterocycles. The zero-order valence-electron chi connectivity index (χ0n) is 11.1. The van der Waals surface area contributed by atoms with Gasteiger partial charge in [-0.1, -0.05) is 0 Å². The molecule has 0 radical (unpaired) electrons. The minimum atomic E-state index is -0.0858. The van der Waals surface area contributed by atoms with E-state index in [4.69, 9.17) is 10.5 Å². The number of hydrogen-bond donors (Lipinski definition) is 1. The lowest BCUT2D eigenvalue weighted by Gasteiger charge is -2.12. The number of anilines is 1. The Bertz CT molecular complexity index is 635. The Morgan fingerprint density at radius 3 is 2.84 bits per heavy atom. The Hall–Kier alpha value is -2.30. The van der Waals surface area contributed by atoms with Crippen molar-refractivity contribution in [1.82, 2.24) is 9.55 Å². The molecule has 0 unspecified atom stereocenters. The van der Waals surface area contributed by atoms with Crippen LogP contribution < -0.4 is 16.0 Å². The maximum absolute atomic E-state index is 11.8. The molecular formula is C14H17N3O2. The average molecular weight is 259 g/mol. The van der Waals surface area contributed by atoms with Crippen molar-refractivity contribution >= 4 is 5.69 Å². The zero-order valence-corrected chi connectivity index (χ0v) is 11.1. The first kappa shape index (κ1) is 13.1. The van der Waals surface area contributed by atoms with Crippen molar-refractivity contribution in [1.29, 1.82) is 0 Å². The minimum Gasteiger partial charge on any atom is -0.494 e. The lowest BCUT2D eigenvalue weighted by atomic mass is 10.1. The van der Waals surface area contributed by atoms with Crippen molar-refractivity contribution in [3.8, 4) is 5.75 Å². The van der Waals surface area contributed by atoms with Gasteiger partial charge in [-0.05, 0) is 32.0 Å². The van der Waals surface area contributed by atoms with E-state index < -0.39 is 0 Å². The molecule has 0 amide bonds. The van der Waals surface area contributed by atoms with Crippen LogP contribution in [0.4, 0.5) is 5.69 Å². The summed E-state index contributed by atoms with van der Waals surface area (Å²) in [6, 6.07) is 6.93. The van der Waals surface area contributed by atoms with E-state index in [2.05, 4.69) is 4.98 Å². The van der Waals surface area contributed by atoms with Gasteiger partial charge in [0.15, 0.2) is 0 Å². The smallest absolute Gasteiger partial charge is 0.253 e. The topological polar surface area (TPSA) is 70.1 Å². The van der Waals surface area contributed by atoms with E-state index in [1.165, 1.54) is 17.0 Å². The predicted octanol–water partition coefficient (Wildman–Crippen LogP) is 1.58. The lowest BCUT2D eigenvalue weighted by molar-refractivity contribution is 0.335. The van der Waals surface area contributed by atoms with Crippen molar-refractivity contribution in [2.24, 2.45) is 0 Å². The molecule has 5 nitrogen and oxygen atoms in total. The standard InChI is InChI=1S/C14H17N3O2/c1-3-19-13-5-4-12(15)7-11(13)8-17-9-16-10(2)6-14(17)18/h4-7,9H,3,8,15H2,1-2H3. The average Bonchev–Trinajstić information content (AvgIpc) is 2.36. The van der Waals surface area contributed by atoms with E-state index in [1.807, 2.05) is 19.1 Å². The number of ether oxygens (including phenoxy) is 1. The first-order chi connectivity index (χ1) is 9.10. The second-order valence-corrected chi connectivity index (χ2v) is 4.30. The van der Waals surface area contributed by atoms with Gasteiger partial charge < -0.3 is 10.5 Å². The summed E-state index contributed by atoms with van der Waals surface area (Å²) < 4.78 is 7.07. The summed E-state index contributed by atoms with van der Waals surface area (Å²) in [5.41, 5.74) is 7.92. The molecule has 0 saturated heterocycles. The minimum absolute atomic E-state index is 0.0858. The van der Waals surface area contributed by atoms with Crippen LogP contribution in [0.3, 0.4) is 0 Å². The first-order valence-corrected chi connectivity index (χ1v) is 6.14. The summed E-state index contributed by atoms with van der Waals surface area (Å²) in [7, 11) is 0. The van der Waals surface area contributed by atoms with Crippen LogP contribution in [0.2, 0.25) is 0 Å². The van der Waals surface area contributed by atoms with E-state index >= 15 is 0 Å². The fraction of sp³-hybridized carbons (Fsp3) is 0.286. The third-order valence-corrected chi connectivity index (χ3v) is 2.74. The second-order valence-electron chi connectivity index (χ2n) is 4.30. The fourth-order valence-electron chi connectivity index (χ4n) is 1.84. The van der Waals surface area contributed by atoms with Crippen molar-refractivity contribution < 1.29 is 4.74 Å². The van der Waals surface area contributed by atoms with Crippen LogP contribution in [0.25, 0.3) is 0 Å². The number of aryl methyl sites for hydroxylation is 1. The van der Waals surface area contributed by atoms with Crippen molar-refractivity contribution in [2.45, 2.75) is 20.4 Å². The number of aromatic nitrogens is 2. The molecule has 19 heavy (non-hydrogen) atoms. The van der Waals surface area contributed by atoms with Gasteiger partial charge in [0, 0.05) is 23.0 Å². The van der Waals surface area contributed by atoms with E-state index in [9.17, 15) is 4.79 Å². The molecule has 1 aromatic heterocycles. The number of hydrogen-bond acceptors (Lipinski definition) is 4. The molecule has 0 aliphatic rings. The summed E-state index contributed by atoms with van der Waals surface area (Å²) in [6.45, 7) is 4.67. The molecule has 2 aromatic rings. The second kappa shape index (κ2) is 5.56. The van der Waals surface area contributed by atoms with Crippen LogP contribution in [0.1, 0.15) is 18.2 Å². The molecule has 5 heteroatoms. The van der Waals surface area contributed by atoms with Gasteiger partial charge >= 0.3 is 0 Å². The molecule has 2 N–H and O–H groups in total. The third-order valence-electron chi connectivity index (χ3n) is 2.74. The van der Waals surface area contributed by atoms with Gasteiger partial charge in [-0.15, -0.1) is 0 Å². The van der Waals surface area contributed by atoms with E-state index in [0.717, 1.165) is 11.3 Å². The monoisotopic (exact) mass is 259 g/mol. The van der Waals surface area contributed by atoms with Gasteiger partial charge in [-0.25, -0.2) is 4.98 Å². The summed E-state index contributed by atoms with van der Waals surface area (Å²) >= 11 is 0. The molecule has 2 rings (SSSR count). The first-order valence-electron chi connectivity index (χ1n) is 6.14. The molecule has 0 aliphatic carbocycles. The Morgan fingerprint density at radius 1 is 1.37 bits per heavy atom. The SMILES string of the molecule is CCOc1ccc(N)cc1Cn1cnc(C)cc1=O. The summed E-state index contributed by atoms with van der Waals surface area (Å²) in [5, 5.41) is 0. The van der Waals surface area contributed by atoms with Gasteiger partial charge in [0.1, 0.15) is 5.75 Å². The summed E-state index contributed by atoms with van der Waals surface area (Å²) in [5.74, 6) is 0.740. The molecule has 100 valence electrons. The number of nitrogens with zero attached hydrogens (tertiary/aromatic N) is 2. The van der Waals surface area contributed by atoms with Gasteiger partial charge in [0.05, 0.1) is 19.5 Å². The molecule has 0 bridgehead atoms. The zero-order chi connectivity index (χ0) is 13.8. The molecule has 1 aromatic carbocycles. The van der Waals surface area contributed by atoms with Crippen LogP contribution in [0.5, 0.6) is 5.75 Å². The molecule has 0 aliphatic heterocycles. The van der Waals surface area contributed by atoms with Gasteiger partial charge in [-0.2, -0.15) is 0 Å². The Balaban J connectivity index is 2.36. The van der Waals surface area contributed by atoms with Crippen LogP contribution in [0.15, 0.2) is 35.4 Å². The lowest BCUT2D eigenvalue weighted by Crippen LogP contribution is -2.21. The highest BCUT2D eigenvalue weighted by Gasteiger charge is 2.06. The van der Waals surface area contributed by atoms with Gasteiger partial charge in [-0.3, -0.25) is 9.36 Å². The highest BCUT2D eigenvalue weighted by molar-refractivity contribution is 5.48. The number of nitrogens with two attached hydrogens (primary N) is 1. The summed E-state index contributed by atoms with van der Waals surface area (Å²) in [6.07, 6.45) is 1.54. The Morgan fingerprint density at radius 2 is 2.16 bits per heavy atom. The van der Waals surface area contributed by atoms with Crippen LogP contribution in [-0.2, 0) is 6.54 Å². The van der Waals surface area contributed by atoms with E-state index in [0.29, 0.717) is 24.5 Å². The fourth-order valence-corrected chi connectivity index (χ4v) is 1.84. The number of benzene rings is 1. The van der Waals surface area contributed by atoms with Crippen LogP contribution in [-0.4, -0.2) is 16.2 Å². The summed E-state index contributed by atoms with van der Waals surface area (Å²) in [4.78, 5) is 16.0. The van der Waals surface area contributed by atoms with E-state index in [1.54, 1.807) is 13.0 Å². The molecular weight excluding hydrogens is 242 g/mol. The normalized spacial score (nSPS) is 10.4.